The maximum atomic E-state index is 11.2. The van der Waals surface area contributed by atoms with Gasteiger partial charge in [0.1, 0.15) is 5.02 Å². The van der Waals surface area contributed by atoms with E-state index in [9.17, 15) is 13.2 Å². The van der Waals surface area contributed by atoms with E-state index >= 15 is 0 Å². The average molecular weight is 329 g/mol. The average Bonchev–Trinajstić information content (AvgIpc) is 2.43. The van der Waals surface area contributed by atoms with Gasteiger partial charge in [-0.05, 0) is 24.1 Å². The van der Waals surface area contributed by atoms with Gasteiger partial charge in [-0.2, -0.15) is 5.10 Å². The third kappa shape index (κ3) is 4.03. The van der Waals surface area contributed by atoms with E-state index in [1.54, 1.807) is 12.1 Å². The number of benzene rings is 1. The highest BCUT2D eigenvalue weighted by Gasteiger charge is 2.07. The summed E-state index contributed by atoms with van der Waals surface area (Å²) >= 11 is 5.82. The lowest BCUT2D eigenvalue weighted by Crippen LogP contribution is -2.14. The van der Waals surface area contributed by atoms with Crippen molar-refractivity contribution in [1.29, 1.82) is 0 Å². The van der Waals surface area contributed by atoms with Crippen molar-refractivity contribution in [3.8, 4) is 0 Å². The van der Waals surface area contributed by atoms with E-state index < -0.39 is 15.6 Å². The van der Waals surface area contributed by atoms with E-state index in [1.165, 1.54) is 18.3 Å². The first-order chi connectivity index (χ1) is 9.88. The van der Waals surface area contributed by atoms with E-state index in [0.717, 1.165) is 5.56 Å². The molecule has 0 saturated heterocycles. The van der Waals surface area contributed by atoms with Gasteiger partial charge in [0.2, 0.25) is 10.0 Å². The molecule has 1 aromatic heterocycles. The number of nitrogens with one attached hydrogen (secondary N) is 2. The van der Waals surface area contributed by atoms with Crippen LogP contribution in [0.2, 0.25) is 5.02 Å². The van der Waals surface area contributed by atoms with Crippen LogP contribution in [-0.2, 0) is 16.4 Å². The third-order valence-corrected chi connectivity index (χ3v) is 4.08. The summed E-state index contributed by atoms with van der Waals surface area (Å²) in [5, 5.41) is 13.9. The molecule has 9 heteroatoms. The fourth-order valence-electron chi connectivity index (χ4n) is 1.69. The zero-order valence-corrected chi connectivity index (χ0v) is 12.4. The fourth-order valence-corrected chi connectivity index (χ4v) is 2.37. The molecule has 0 unspecified atom stereocenters. The summed E-state index contributed by atoms with van der Waals surface area (Å²) in [5.74, 6) is 0. The number of hydrogen-bond donors (Lipinski definition) is 3. The molecule has 2 rings (SSSR count). The molecule has 0 aliphatic rings. The smallest absolute Gasteiger partial charge is 0.285 e. The summed E-state index contributed by atoms with van der Waals surface area (Å²) in [6.45, 7) is 0.513. The Balaban J connectivity index is 1.98. The summed E-state index contributed by atoms with van der Waals surface area (Å²) in [6, 6.07) is 6.26. The molecule has 0 aliphatic carbocycles. The molecular weight excluding hydrogens is 316 g/mol. The highest BCUT2D eigenvalue weighted by Crippen LogP contribution is 2.14. The van der Waals surface area contributed by atoms with Gasteiger partial charge < -0.3 is 5.32 Å². The molecule has 1 heterocycles. The second-order valence-corrected chi connectivity index (χ2v) is 6.23. The maximum Gasteiger partial charge on any atom is 0.285 e. The first-order valence-corrected chi connectivity index (χ1v) is 7.89. The number of halogens is 1. The molecule has 0 bridgehead atoms. The second kappa shape index (κ2) is 6.25. The number of rotatable bonds is 5. The van der Waals surface area contributed by atoms with Crippen LogP contribution in [0.15, 0.2) is 40.2 Å². The Morgan fingerprint density at radius 2 is 1.95 bits per heavy atom. The van der Waals surface area contributed by atoms with E-state index in [2.05, 4.69) is 15.5 Å². The van der Waals surface area contributed by atoms with Crippen LogP contribution in [0.4, 0.5) is 5.69 Å². The number of sulfonamides is 1. The van der Waals surface area contributed by atoms with Crippen molar-refractivity contribution < 1.29 is 8.42 Å². The van der Waals surface area contributed by atoms with Gasteiger partial charge in [0.05, 0.1) is 16.8 Å². The highest BCUT2D eigenvalue weighted by molar-refractivity contribution is 7.89. The lowest BCUT2D eigenvalue weighted by molar-refractivity contribution is 0.598. The second-order valence-electron chi connectivity index (χ2n) is 4.29. The Hall–Kier alpha value is -1.90. The van der Waals surface area contributed by atoms with Gasteiger partial charge in [0.15, 0.2) is 0 Å². The highest BCUT2D eigenvalue weighted by atomic mass is 35.5. The van der Waals surface area contributed by atoms with Gasteiger partial charge in [0, 0.05) is 6.54 Å². The van der Waals surface area contributed by atoms with Crippen molar-refractivity contribution in [3.05, 3.63) is 51.4 Å². The topological polar surface area (TPSA) is 118 Å². The standard InChI is InChI=1S/C12H13ClN4O3S/c13-11-10(7-16-17-12(11)18)15-6-5-8-1-3-9(4-2-8)21(14,19)20/h1-4,7H,5-6H2,(H2,14,19,20)(H2,15,17,18). The van der Waals surface area contributed by atoms with Crippen LogP contribution in [0.5, 0.6) is 0 Å². The van der Waals surface area contributed by atoms with Gasteiger partial charge in [-0.1, -0.05) is 23.7 Å². The Morgan fingerprint density at radius 1 is 1.29 bits per heavy atom. The van der Waals surface area contributed by atoms with Crippen LogP contribution in [0.3, 0.4) is 0 Å². The molecule has 1 aromatic carbocycles. The van der Waals surface area contributed by atoms with Gasteiger partial charge in [-0.15, -0.1) is 0 Å². The largest absolute Gasteiger partial charge is 0.382 e. The zero-order chi connectivity index (χ0) is 15.5. The Morgan fingerprint density at radius 3 is 2.57 bits per heavy atom. The summed E-state index contributed by atoms with van der Waals surface area (Å²) in [4.78, 5) is 11.3. The Labute approximate surface area is 126 Å². The third-order valence-electron chi connectivity index (χ3n) is 2.78. The van der Waals surface area contributed by atoms with E-state index in [1.807, 2.05) is 0 Å². The molecule has 7 nitrogen and oxygen atoms in total. The molecule has 0 fully saturated rings. The predicted molar refractivity (Wildman–Crippen MR) is 79.9 cm³/mol. The predicted octanol–water partition coefficient (Wildman–Crippen LogP) is 0.725. The first kappa shape index (κ1) is 15.5. The molecule has 0 spiro atoms. The monoisotopic (exact) mass is 328 g/mol. The first-order valence-electron chi connectivity index (χ1n) is 5.97. The molecule has 0 atom stereocenters. The molecule has 0 aliphatic heterocycles. The van der Waals surface area contributed by atoms with Crippen molar-refractivity contribution in [2.24, 2.45) is 5.14 Å². The fraction of sp³-hybridized carbons (Fsp3) is 0.167. The number of aromatic amines is 1. The number of hydrogen-bond acceptors (Lipinski definition) is 5. The number of nitrogens with two attached hydrogens (primary N) is 1. The van der Waals surface area contributed by atoms with E-state index in [0.29, 0.717) is 18.7 Å². The van der Waals surface area contributed by atoms with E-state index in [-0.39, 0.29) is 9.92 Å². The van der Waals surface area contributed by atoms with Crippen LogP contribution in [0.25, 0.3) is 0 Å². The van der Waals surface area contributed by atoms with Crippen LogP contribution >= 0.6 is 11.6 Å². The number of anilines is 1. The number of primary sulfonamides is 1. The molecular formula is C12H13ClN4O3S. The number of aromatic nitrogens is 2. The molecule has 21 heavy (non-hydrogen) atoms. The van der Waals surface area contributed by atoms with Gasteiger partial charge in [0.25, 0.3) is 5.56 Å². The van der Waals surface area contributed by atoms with Crippen molar-refractivity contribution in [2.45, 2.75) is 11.3 Å². The minimum atomic E-state index is -3.67. The molecule has 0 amide bonds. The molecule has 112 valence electrons. The summed E-state index contributed by atoms with van der Waals surface area (Å²) in [5.41, 5.74) is 0.907. The number of H-pyrrole nitrogens is 1. The summed E-state index contributed by atoms with van der Waals surface area (Å²) in [7, 11) is -3.67. The van der Waals surface area contributed by atoms with Crippen molar-refractivity contribution >= 4 is 27.3 Å². The minimum Gasteiger partial charge on any atom is -0.382 e. The lowest BCUT2D eigenvalue weighted by atomic mass is 10.1. The van der Waals surface area contributed by atoms with E-state index in [4.69, 9.17) is 16.7 Å². The SMILES string of the molecule is NS(=O)(=O)c1ccc(CCNc2cn[nH]c(=O)c2Cl)cc1. The van der Waals surface area contributed by atoms with Crippen molar-refractivity contribution in [2.75, 3.05) is 11.9 Å². The van der Waals surface area contributed by atoms with Gasteiger partial charge >= 0.3 is 0 Å². The quantitative estimate of drug-likeness (QED) is 0.747. The Bertz CT molecular complexity index is 787. The minimum absolute atomic E-state index is 0.0505. The lowest BCUT2D eigenvalue weighted by Gasteiger charge is -2.07. The van der Waals surface area contributed by atoms with Gasteiger partial charge in [-0.3, -0.25) is 4.79 Å². The van der Waals surface area contributed by atoms with Crippen molar-refractivity contribution in [3.63, 3.8) is 0 Å². The van der Waals surface area contributed by atoms with Crippen LogP contribution < -0.4 is 16.0 Å². The van der Waals surface area contributed by atoms with Crippen LogP contribution in [0.1, 0.15) is 5.56 Å². The normalized spacial score (nSPS) is 11.3. The Kier molecular flexibility index (Phi) is 4.61. The maximum absolute atomic E-state index is 11.2. The number of nitrogens with zero attached hydrogens (tertiary/aromatic N) is 1. The molecule has 2 aromatic rings. The molecule has 0 saturated carbocycles. The summed E-state index contributed by atoms with van der Waals surface area (Å²) in [6.07, 6.45) is 2.04. The summed E-state index contributed by atoms with van der Waals surface area (Å²) < 4.78 is 22.2. The van der Waals surface area contributed by atoms with Crippen molar-refractivity contribution in [1.82, 2.24) is 10.2 Å². The zero-order valence-electron chi connectivity index (χ0n) is 10.8. The molecule has 4 N–H and O–H groups in total. The van der Waals surface area contributed by atoms with Crippen LogP contribution in [-0.4, -0.2) is 25.2 Å². The molecule has 0 radical (unpaired) electrons. The van der Waals surface area contributed by atoms with Gasteiger partial charge in [-0.25, -0.2) is 18.7 Å². The van der Waals surface area contributed by atoms with Crippen LogP contribution in [0, 0.1) is 0 Å².